The molecular formula is C23H16F3NO2. The Hall–Kier alpha value is -3.54. The van der Waals surface area contributed by atoms with Crippen molar-refractivity contribution >= 4 is 23.2 Å². The summed E-state index contributed by atoms with van der Waals surface area (Å²) in [6, 6.07) is 20.2. The van der Waals surface area contributed by atoms with E-state index in [1.807, 2.05) is 30.3 Å². The minimum Gasteiger partial charge on any atom is -0.489 e. The Morgan fingerprint density at radius 1 is 0.931 bits per heavy atom. The number of hydrogen-bond donors (Lipinski definition) is 1. The van der Waals surface area contributed by atoms with Crippen molar-refractivity contribution in [2.45, 2.75) is 12.8 Å². The Labute approximate surface area is 165 Å². The molecule has 0 bridgehead atoms. The van der Waals surface area contributed by atoms with Crippen LogP contribution < -0.4 is 10.1 Å². The molecular weight excluding hydrogens is 379 g/mol. The lowest BCUT2D eigenvalue weighted by Gasteiger charge is -2.08. The number of fused-ring (bicyclic) bond motifs is 1. The second-order valence-electron chi connectivity index (χ2n) is 6.61. The summed E-state index contributed by atoms with van der Waals surface area (Å²) in [5, 5.41) is 2.50. The van der Waals surface area contributed by atoms with E-state index in [2.05, 4.69) is 5.32 Å². The standard InChI is InChI=1S/C23H16F3NO2/c24-23(25,26)17-8-11-19-20(22(28)27-21(19)13-17)12-15-6-9-18(10-7-15)29-14-16-4-2-1-3-5-16/h1-13H,14H2,(H,27,28)/b20-12+. The molecule has 0 aromatic heterocycles. The molecule has 4 rings (SSSR count). The molecule has 0 radical (unpaired) electrons. The molecule has 1 aliphatic heterocycles. The maximum absolute atomic E-state index is 12.9. The van der Waals surface area contributed by atoms with Crippen LogP contribution in [0.4, 0.5) is 18.9 Å². The number of alkyl halides is 3. The smallest absolute Gasteiger partial charge is 0.416 e. The summed E-state index contributed by atoms with van der Waals surface area (Å²) in [6.45, 7) is 0.443. The molecule has 3 aromatic carbocycles. The number of rotatable bonds is 4. The quantitative estimate of drug-likeness (QED) is 0.569. The molecule has 0 atom stereocenters. The number of nitrogens with one attached hydrogen (secondary N) is 1. The van der Waals surface area contributed by atoms with E-state index < -0.39 is 17.6 Å². The van der Waals surface area contributed by atoms with Crippen LogP contribution in [-0.4, -0.2) is 5.91 Å². The van der Waals surface area contributed by atoms with E-state index in [0.29, 0.717) is 23.5 Å². The molecule has 0 spiro atoms. The van der Waals surface area contributed by atoms with Crippen molar-refractivity contribution in [3.8, 4) is 5.75 Å². The highest BCUT2D eigenvalue weighted by Gasteiger charge is 2.33. The van der Waals surface area contributed by atoms with Crippen LogP contribution in [0.25, 0.3) is 11.6 Å². The fourth-order valence-electron chi connectivity index (χ4n) is 3.08. The van der Waals surface area contributed by atoms with Crippen LogP contribution in [0, 0.1) is 0 Å². The summed E-state index contributed by atoms with van der Waals surface area (Å²) in [5.41, 5.74) is 1.95. The molecule has 3 aromatic rings. The third kappa shape index (κ3) is 4.16. The number of ether oxygens (including phenoxy) is 1. The first-order chi connectivity index (χ1) is 13.9. The maximum Gasteiger partial charge on any atom is 0.416 e. The molecule has 1 heterocycles. The summed E-state index contributed by atoms with van der Waals surface area (Å²) in [6.07, 6.45) is -2.81. The molecule has 3 nitrogen and oxygen atoms in total. The lowest BCUT2D eigenvalue weighted by molar-refractivity contribution is -0.137. The van der Waals surface area contributed by atoms with Crippen LogP contribution in [0.2, 0.25) is 0 Å². The monoisotopic (exact) mass is 395 g/mol. The van der Waals surface area contributed by atoms with Crippen molar-refractivity contribution in [2.24, 2.45) is 0 Å². The van der Waals surface area contributed by atoms with Gasteiger partial charge in [0.2, 0.25) is 0 Å². The molecule has 6 heteroatoms. The van der Waals surface area contributed by atoms with E-state index in [9.17, 15) is 18.0 Å². The second-order valence-corrected chi connectivity index (χ2v) is 6.61. The average molecular weight is 395 g/mol. The number of halogens is 3. The molecule has 1 amide bonds. The zero-order chi connectivity index (χ0) is 20.4. The van der Waals surface area contributed by atoms with E-state index in [-0.39, 0.29) is 5.69 Å². The number of hydrogen-bond acceptors (Lipinski definition) is 2. The van der Waals surface area contributed by atoms with Gasteiger partial charge >= 0.3 is 6.18 Å². The van der Waals surface area contributed by atoms with Gasteiger partial charge in [0, 0.05) is 16.8 Å². The summed E-state index contributed by atoms with van der Waals surface area (Å²) in [5.74, 6) is 0.255. The van der Waals surface area contributed by atoms with E-state index >= 15 is 0 Å². The van der Waals surface area contributed by atoms with Gasteiger partial charge in [0.25, 0.3) is 5.91 Å². The highest BCUT2D eigenvalue weighted by Crippen LogP contribution is 2.38. The van der Waals surface area contributed by atoms with E-state index in [0.717, 1.165) is 23.3 Å². The van der Waals surface area contributed by atoms with Crippen LogP contribution in [0.1, 0.15) is 22.3 Å². The first-order valence-electron chi connectivity index (χ1n) is 8.91. The Morgan fingerprint density at radius 3 is 2.34 bits per heavy atom. The molecule has 0 unspecified atom stereocenters. The zero-order valence-corrected chi connectivity index (χ0v) is 15.2. The normalized spacial score (nSPS) is 14.6. The van der Waals surface area contributed by atoms with Crippen molar-refractivity contribution in [3.63, 3.8) is 0 Å². The van der Waals surface area contributed by atoms with Gasteiger partial charge in [-0.3, -0.25) is 4.79 Å². The Balaban J connectivity index is 1.52. The predicted octanol–water partition coefficient (Wildman–Crippen LogP) is 5.78. The fraction of sp³-hybridized carbons (Fsp3) is 0.0870. The van der Waals surface area contributed by atoms with E-state index in [1.54, 1.807) is 30.3 Å². The van der Waals surface area contributed by atoms with Crippen LogP contribution in [0.3, 0.4) is 0 Å². The molecule has 0 fully saturated rings. The highest BCUT2D eigenvalue weighted by molar-refractivity contribution is 6.34. The Morgan fingerprint density at radius 2 is 1.66 bits per heavy atom. The SMILES string of the molecule is O=C1Nc2cc(C(F)(F)F)ccc2/C1=C\c1ccc(OCc2ccccc2)cc1. The van der Waals surface area contributed by atoms with Crippen molar-refractivity contribution in [3.05, 3.63) is 95.1 Å². The third-order valence-electron chi connectivity index (χ3n) is 4.57. The average Bonchev–Trinajstić information content (AvgIpc) is 3.02. The van der Waals surface area contributed by atoms with Crippen molar-refractivity contribution < 1.29 is 22.7 Å². The first kappa shape index (κ1) is 18.8. The zero-order valence-electron chi connectivity index (χ0n) is 15.2. The van der Waals surface area contributed by atoms with Gasteiger partial charge in [0.15, 0.2) is 0 Å². The molecule has 1 aliphatic rings. The minimum atomic E-state index is -4.46. The van der Waals surface area contributed by atoms with E-state index in [1.165, 1.54) is 6.07 Å². The molecule has 0 aliphatic carbocycles. The predicted molar refractivity (Wildman–Crippen MR) is 105 cm³/mol. The van der Waals surface area contributed by atoms with Gasteiger partial charge in [-0.2, -0.15) is 13.2 Å². The van der Waals surface area contributed by atoms with Crippen molar-refractivity contribution in [2.75, 3.05) is 5.32 Å². The molecule has 0 saturated heterocycles. The van der Waals surface area contributed by atoms with Crippen molar-refractivity contribution in [1.82, 2.24) is 0 Å². The molecule has 29 heavy (non-hydrogen) atoms. The van der Waals surface area contributed by atoms with Gasteiger partial charge in [0.05, 0.1) is 5.56 Å². The fourth-order valence-corrected chi connectivity index (χ4v) is 3.08. The minimum absolute atomic E-state index is 0.166. The van der Waals surface area contributed by atoms with Gasteiger partial charge in [-0.25, -0.2) is 0 Å². The lowest BCUT2D eigenvalue weighted by Crippen LogP contribution is -2.06. The van der Waals surface area contributed by atoms with Crippen LogP contribution >= 0.6 is 0 Å². The summed E-state index contributed by atoms with van der Waals surface area (Å²) in [7, 11) is 0. The summed E-state index contributed by atoms with van der Waals surface area (Å²) in [4.78, 5) is 12.2. The number of carbonyl (C=O) groups excluding carboxylic acids is 1. The second kappa shape index (κ2) is 7.47. The van der Waals surface area contributed by atoms with Crippen molar-refractivity contribution in [1.29, 1.82) is 0 Å². The highest BCUT2D eigenvalue weighted by atomic mass is 19.4. The van der Waals surface area contributed by atoms with Gasteiger partial charge in [-0.1, -0.05) is 48.5 Å². The molecule has 1 N–H and O–H groups in total. The number of amides is 1. The third-order valence-corrected chi connectivity index (χ3v) is 4.57. The van der Waals surface area contributed by atoms with Crippen LogP contribution in [-0.2, 0) is 17.6 Å². The lowest BCUT2D eigenvalue weighted by atomic mass is 10.0. The van der Waals surface area contributed by atoms with Gasteiger partial charge in [-0.05, 0) is 41.5 Å². The van der Waals surface area contributed by atoms with Crippen LogP contribution in [0.15, 0.2) is 72.8 Å². The summed E-state index contributed by atoms with van der Waals surface area (Å²) < 4.78 is 44.3. The van der Waals surface area contributed by atoms with Gasteiger partial charge in [0.1, 0.15) is 12.4 Å². The van der Waals surface area contributed by atoms with E-state index in [4.69, 9.17) is 4.74 Å². The molecule has 146 valence electrons. The first-order valence-corrected chi connectivity index (χ1v) is 8.91. The molecule has 0 saturated carbocycles. The van der Waals surface area contributed by atoms with Crippen LogP contribution in [0.5, 0.6) is 5.75 Å². The number of anilines is 1. The summed E-state index contributed by atoms with van der Waals surface area (Å²) >= 11 is 0. The number of carbonyl (C=O) groups is 1. The van der Waals surface area contributed by atoms with Gasteiger partial charge in [-0.15, -0.1) is 0 Å². The largest absolute Gasteiger partial charge is 0.489 e. The Kier molecular flexibility index (Phi) is 4.84. The van der Waals surface area contributed by atoms with Gasteiger partial charge < -0.3 is 10.1 Å². The number of benzene rings is 3. The Bertz CT molecular complexity index is 1070. The maximum atomic E-state index is 12.9. The topological polar surface area (TPSA) is 38.3 Å².